The maximum atomic E-state index is 11.0. The zero-order valence-electron chi connectivity index (χ0n) is 13.1. The van der Waals surface area contributed by atoms with Crippen molar-refractivity contribution < 1.29 is 4.79 Å². The number of carbonyl (C=O) groups is 1. The first kappa shape index (κ1) is 15.7. The van der Waals surface area contributed by atoms with Gasteiger partial charge in [-0.25, -0.2) is 0 Å². The summed E-state index contributed by atoms with van der Waals surface area (Å²) < 4.78 is 0. The van der Waals surface area contributed by atoms with Gasteiger partial charge in [0, 0.05) is 5.56 Å². The average molecular weight is 288 g/mol. The second-order valence-electron chi connectivity index (χ2n) is 5.45. The van der Waals surface area contributed by atoms with E-state index in [9.17, 15) is 4.79 Å². The van der Waals surface area contributed by atoms with Gasteiger partial charge in [-0.05, 0) is 53.3 Å². The molecular formula is C21H20O. The maximum Gasteiger partial charge on any atom is 0.150 e. The summed E-state index contributed by atoms with van der Waals surface area (Å²) in [6, 6.07) is 11.9. The van der Waals surface area contributed by atoms with Gasteiger partial charge in [0.1, 0.15) is 0 Å². The van der Waals surface area contributed by atoms with E-state index in [1.807, 2.05) is 19.1 Å². The summed E-state index contributed by atoms with van der Waals surface area (Å²) in [5, 5.41) is 0. The van der Waals surface area contributed by atoms with Crippen LogP contribution in [-0.2, 0) is 0 Å². The van der Waals surface area contributed by atoms with E-state index in [-0.39, 0.29) is 0 Å². The Hall–Kier alpha value is -2.67. The lowest BCUT2D eigenvalue weighted by Gasteiger charge is -2.12. The van der Waals surface area contributed by atoms with Crippen LogP contribution in [0.4, 0.5) is 0 Å². The molecule has 0 radical (unpaired) electrons. The third-order valence-electron chi connectivity index (χ3n) is 3.82. The summed E-state index contributed by atoms with van der Waals surface area (Å²) in [5.74, 6) is 0. The molecule has 0 saturated carbocycles. The first-order chi connectivity index (χ1) is 10.5. The first-order valence-electron chi connectivity index (χ1n) is 7.15. The third kappa shape index (κ3) is 2.99. The molecule has 22 heavy (non-hydrogen) atoms. The fourth-order valence-corrected chi connectivity index (χ4v) is 2.54. The zero-order valence-corrected chi connectivity index (χ0v) is 13.1. The summed E-state index contributed by atoms with van der Waals surface area (Å²) in [5.41, 5.74) is 7.85. The van der Waals surface area contributed by atoms with E-state index >= 15 is 0 Å². The van der Waals surface area contributed by atoms with Gasteiger partial charge < -0.3 is 0 Å². The highest BCUT2D eigenvalue weighted by Gasteiger charge is 2.08. The van der Waals surface area contributed by atoms with Crippen molar-refractivity contribution in [2.45, 2.75) is 13.8 Å². The molecule has 0 atom stereocenters. The van der Waals surface area contributed by atoms with Crippen LogP contribution in [0.2, 0.25) is 0 Å². The molecule has 0 aliphatic rings. The van der Waals surface area contributed by atoms with Gasteiger partial charge in [0.25, 0.3) is 0 Å². The monoisotopic (exact) mass is 288 g/mol. The molecule has 0 amide bonds. The molecule has 110 valence electrons. The van der Waals surface area contributed by atoms with E-state index < -0.39 is 0 Å². The Morgan fingerprint density at radius 1 is 1.00 bits per heavy atom. The lowest BCUT2D eigenvalue weighted by Crippen LogP contribution is -1.93. The van der Waals surface area contributed by atoms with Crippen LogP contribution in [0.1, 0.15) is 45.1 Å². The molecule has 0 aliphatic carbocycles. The molecule has 0 spiro atoms. The molecule has 0 heterocycles. The van der Waals surface area contributed by atoms with Gasteiger partial charge in [-0.1, -0.05) is 61.7 Å². The van der Waals surface area contributed by atoms with Crippen molar-refractivity contribution in [2.24, 2.45) is 0 Å². The number of rotatable bonds is 5. The molecule has 2 rings (SSSR count). The zero-order chi connectivity index (χ0) is 16.3. The molecule has 1 heteroatoms. The summed E-state index contributed by atoms with van der Waals surface area (Å²) >= 11 is 0. The highest BCUT2D eigenvalue weighted by molar-refractivity contribution is 5.86. The normalized spacial score (nSPS) is 10.1. The standard InChI is InChI=1S/C21H20O/c1-6-17-12-19(7-8-20(17)13-22)16(5)18-9-10-21(14(2)3)15(4)11-18/h6-13H,1-2,5H2,3-4H3. The minimum Gasteiger partial charge on any atom is -0.298 e. The van der Waals surface area contributed by atoms with Crippen molar-refractivity contribution in [2.75, 3.05) is 0 Å². The van der Waals surface area contributed by atoms with Crippen LogP contribution >= 0.6 is 0 Å². The number of hydrogen-bond donors (Lipinski definition) is 0. The number of hydrogen-bond acceptors (Lipinski definition) is 1. The highest BCUT2D eigenvalue weighted by Crippen LogP contribution is 2.27. The fraction of sp³-hybridized carbons (Fsp3) is 0.0952. The van der Waals surface area contributed by atoms with Gasteiger partial charge >= 0.3 is 0 Å². The van der Waals surface area contributed by atoms with E-state index in [1.54, 1.807) is 12.1 Å². The predicted molar refractivity (Wildman–Crippen MR) is 95.9 cm³/mol. The van der Waals surface area contributed by atoms with E-state index in [1.165, 1.54) is 11.1 Å². The highest BCUT2D eigenvalue weighted by atomic mass is 16.1. The first-order valence-corrected chi connectivity index (χ1v) is 7.15. The van der Waals surface area contributed by atoms with Crippen LogP contribution in [-0.4, -0.2) is 6.29 Å². The van der Waals surface area contributed by atoms with Crippen LogP contribution in [0.5, 0.6) is 0 Å². The molecule has 0 saturated heterocycles. The average Bonchev–Trinajstić information content (AvgIpc) is 2.52. The lowest BCUT2D eigenvalue weighted by molar-refractivity contribution is 0.112. The van der Waals surface area contributed by atoms with E-state index in [0.717, 1.165) is 34.1 Å². The molecule has 0 bridgehead atoms. The molecule has 0 aromatic heterocycles. The van der Waals surface area contributed by atoms with E-state index in [2.05, 4.69) is 44.9 Å². The van der Waals surface area contributed by atoms with Crippen molar-refractivity contribution in [1.82, 2.24) is 0 Å². The summed E-state index contributed by atoms with van der Waals surface area (Å²) in [6.45, 7) is 16.0. The summed E-state index contributed by atoms with van der Waals surface area (Å²) in [7, 11) is 0. The topological polar surface area (TPSA) is 17.1 Å². The van der Waals surface area contributed by atoms with Crippen LogP contribution in [0, 0.1) is 6.92 Å². The van der Waals surface area contributed by atoms with Gasteiger partial charge in [-0.3, -0.25) is 4.79 Å². The van der Waals surface area contributed by atoms with Crippen molar-refractivity contribution in [3.8, 4) is 0 Å². The summed E-state index contributed by atoms with van der Waals surface area (Å²) in [6.07, 6.45) is 2.53. The fourth-order valence-electron chi connectivity index (χ4n) is 2.54. The van der Waals surface area contributed by atoms with Gasteiger partial charge in [0.2, 0.25) is 0 Å². The Balaban J connectivity index is 2.44. The second-order valence-corrected chi connectivity index (χ2v) is 5.45. The van der Waals surface area contributed by atoms with Crippen LogP contribution in [0.15, 0.2) is 56.1 Å². The molecule has 0 fully saturated rings. The second kappa shape index (κ2) is 6.40. The molecule has 2 aromatic rings. The van der Waals surface area contributed by atoms with E-state index in [0.29, 0.717) is 5.56 Å². The summed E-state index contributed by atoms with van der Waals surface area (Å²) in [4.78, 5) is 11.0. The molecular weight excluding hydrogens is 268 g/mol. The minimum atomic E-state index is 0.639. The smallest absolute Gasteiger partial charge is 0.150 e. The lowest BCUT2D eigenvalue weighted by atomic mass is 9.92. The minimum absolute atomic E-state index is 0.639. The Labute approximate surface area is 132 Å². The van der Waals surface area contributed by atoms with Gasteiger partial charge in [-0.2, -0.15) is 0 Å². The number of aryl methyl sites for hydroxylation is 1. The number of carbonyl (C=O) groups excluding carboxylic acids is 1. The Morgan fingerprint density at radius 2 is 1.64 bits per heavy atom. The molecule has 0 N–H and O–H groups in total. The Morgan fingerprint density at radius 3 is 2.18 bits per heavy atom. The van der Waals surface area contributed by atoms with Crippen molar-refractivity contribution >= 4 is 23.5 Å². The van der Waals surface area contributed by atoms with E-state index in [4.69, 9.17) is 0 Å². The third-order valence-corrected chi connectivity index (χ3v) is 3.82. The van der Waals surface area contributed by atoms with Gasteiger partial charge in [0.05, 0.1) is 0 Å². The van der Waals surface area contributed by atoms with Crippen molar-refractivity contribution in [3.63, 3.8) is 0 Å². The Bertz CT molecular complexity index is 778. The Kier molecular flexibility index (Phi) is 4.57. The molecule has 0 unspecified atom stereocenters. The SMILES string of the molecule is C=Cc1cc(C(=C)c2ccc(C(=C)C)c(C)c2)ccc1C=O. The predicted octanol–water partition coefficient (Wildman–Crippen LogP) is 5.55. The number of aldehydes is 1. The van der Waals surface area contributed by atoms with Crippen molar-refractivity contribution in [1.29, 1.82) is 0 Å². The largest absolute Gasteiger partial charge is 0.298 e. The molecule has 2 aromatic carbocycles. The number of allylic oxidation sites excluding steroid dienone is 1. The quantitative estimate of drug-likeness (QED) is 0.660. The van der Waals surface area contributed by atoms with Crippen LogP contribution < -0.4 is 0 Å². The maximum absolute atomic E-state index is 11.0. The van der Waals surface area contributed by atoms with Crippen LogP contribution in [0.25, 0.3) is 17.2 Å². The van der Waals surface area contributed by atoms with Gasteiger partial charge in [0.15, 0.2) is 6.29 Å². The van der Waals surface area contributed by atoms with Crippen molar-refractivity contribution in [3.05, 3.63) is 89.5 Å². The molecule has 0 aliphatic heterocycles. The number of benzene rings is 2. The van der Waals surface area contributed by atoms with Gasteiger partial charge in [-0.15, -0.1) is 0 Å². The molecule has 1 nitrogen and oxygen atoms in total. The van der Waals surface area contributed by atoms with Crippen LogP contribution in [0.3, 0.4) is 0 Å².